The zero-order valence-electron chi connectivity index (χ0n) is 9.37. The van der Waals surface area contributed by atoms with E-state index >= 15 is 0 Å². The van der Waals surface area contributed by atoms with Crippen molar-refractivity contribution in [2.24, 2.45) is 0 Å². The van der Waals surface area contributed by atoms with E-state index in [-0.39, 0.29) is 4.90 Å². The van der Waals surface area contributed by atoms with Crippen LogP contribution in [0.1, 0.15) is 0 Å². The molecule has 0 saturated heterocycles. The summed E-state index contributed by atoms with van der Waals surface area (Å²) in [4.78, 5) is 0.242. The van der Waals surface area contributed by atoms with Crippen LogP contribution in [0.3, 0.4) is 0 Å². The molecule has 0 atom stereocenters. The minimum absolute atomic E-state index is 0.242. The Morgan fingerprint density at radius 1 is 1.06 bits per heavy atom. The van der Waals surface area contributed by atoms with Crippen LogP contribution in [0.25, 0.3) is 0 Å². The van der Waals surface area contributed by atoms with E-state index in [0.717, 1.165) is 0 Å². The van der Waals surface area contributed by atoms with Crippen molar-refractivity contribution < 1.29 is 8.42 Å². The highest BCUT2D eigenvalue weighted by Crippen LogP contribution is 2.20. The van der Waals surface area contributed by atoms with Crippen molar-refractivity contribution in [3.05, 3.63) is 60.7 Å². The van der Waals surface area contributed by atoms with Crippen LogP contribution in [0.4, 0.5) is 5.69 Å². The van der Waals surface area contributed by atoms with E-state index in [1.807, 2.05) is 6.07 Å². The molecule has 0 heterocycles. The number of benzene rings is 2. The molecule has 1 radical (unpaired) electrons. The molecule has 87 valence electrons. The first-order valence-corrected chi connectivity index (χ1v) is 6.56. The SMILES string of the molecule is CN(c1ccccc1)S(=O)(=O)c1c[c]ccc1. The monoisotopic (exact) mass is 246 g/mol. The largest absolute Gasteiger partial charge is 0.269 e. The van der Waals surface area contributed by atoms with Crippen LogP contribution in [-0.2, 0) is 10.0 Å². The minimum atomic E-state index is -3.49. The summed E-state index contributed by atoms with van der Waals surface area (Å²) in [6.07, 6.45) is 0. The predicted molar refractivity (Wildman–Crippen MR) is 67.3 cm³/mol. The summed E-state index contributed by atoms with van der Waals surface area (Å²) < 4.78 is 25.7. The van der Waals surface area contributed by atoms with Gasteiger partial charge in [0, 0.05) is 7.05 Å². The Morgan fingerprint density at radius 2 is 1.76 bits per heavy atom. The molecule has 4 heteroatoms. The fourth-order valence-electron chi connectivity index (χ4n) is 1.47. The van der Waals surface area contributed by atoms with Crippen molar-refractivity contribution in [1.82, 2.24) is 0 Å². The van der Waals surface area contributed by atoms with E-state index < -0.39 is 10.0 Å². The Bertz CT molecular complexity index is 579. The third-order valence-corrected chi connectivity index (χ3v) is 4.24. The van der Waals surface area contributed by atoms with E-state index in [2.05, 4.69) is 6.07 Å². The van der Waals surface area contributed by atoms with E-state index in [1.165, 1.54) is 17.4 Å². The van der Waals surface area contributed by atoms with Gasteiger partial charge in [0.25, 0.3) is 10.0 Å². The number of para-hydroxylation sites is 1. The molecule has 0 spiro atoms. The topological polar surface area (TPSA) is 37.4 Å². The lowest BCUT2D eigenvalue weighted by atomic mass is 10.3. The number of rotatable bonds is 3. The number of sulfonamides is 1. The number of hydrogen-bond acceptors (Lipinski definition) is 2. The average Bonchev–Trinajstić information content (AvgIpc) is 2.40. The summed E-state index contributed by atoms with van der Waals surface area (Å²) in [6, 6.07) is 18.1. The highest BCUT2D eigenvalue weighted by atomic mass is 32.2. The number of nitrogens with zero attached hydrogens (tertiary/aromatic N) is 1. The molecular weight excluding hydrogens is 234 g/mol. The third-order valence-electron chi connectivity index (χ3n) is 2.46. The lowest BCUT2D eigenvalue weighted by Crippen LogP contribution is -2.26. The third kappa shape index (κ3) is 2.31. The Hall–Kier alpha value is -1.81. The van der Waals surface area contributed by atoms with Gasteiger partial charge in [-0.25, -0.2) is 8.42 Å². The zero-order chi connectivity index (χ0) is 12.3. The van der Waals surface area contributed by atoms with E-state index in [0.29, 0.717) is 5.69 Å². The molecular formula is C13H12NO2S. The van der Waals surface area contributed by atoms with Crippen LogP contribution in [0, 0.1) is 6.07 Å². The number of hydrogen-bond donors (Lipinski definition) is 0. The second-order valence-corrected chi connectivity index (χ2v) is 5.52. The summed E-state index contributed by atoms with van der Waals surface area (Å²) in [5.74, 6) is 0. The van der Waals surface area contributed by atoms with Crippen LogP contribution >= 0.6 is 0 Å². The van der Waals surface area contributed by atoms with Gasteiger partial charge in [0.05, 0.1) is 10.6 Å². The van der Waals surface area contributed by atoms with Crippen molar-refractivity contribution in [2.75, 3.05) is 11.4 Å². The fourth-order valence-corrected chi connectivity index (χ4v) is 2.66. The quantitative estimate of drug-likeness (QED) is 0.833. The maximum Gasteiger partial charge on any atom is 0.264 e. The van der Waals surface area contributed by atoms with Crippen molar-refractivity contribution in [3.63, 3.8) is 0 Å². The van der Waals surface area contributed by atoms with Gasteiger partial charge in [0.1, 0.15) is 0 Å². The van der Waals surface area contributed by atoms with Gasteiger partial charge in [-0.2, -0.15) is 0 Å². The summed E-state index contributed by atoms with van der Waals surface area (Å²) in [5.41, 5.74) is 0.636. The van der Waals surface area contributed by atoms with Crippen LogP contribution in [-0.4, -0.2) is 15.5 Å². The van der Waals surface area contributed by atoms with Crippen molar-refractivity contribution in [3.8, 4) is 0 Å². The molecule has 0 saturated carbocycles. The van der Waals surface area contributed by atoms with E-state index in [1.54, 1.807) is 42.5 Å². The molecule has 0 aliphatic carbocycles. The van der Waals surface area contributed by atoms with Crippen LogP contribution in [0.5, 0.6) is 0 Å². The van der Waals surface area contributed by atoms with Crippen molar-refractivity contribution >= 4 is 15.7 Å². The first-order chi connectivity index (χ1) is 8.12. The maximum absolute atomic E-state index is 12.2. The lowest BCUT2D eigenvalue weighted by molar-refractivity contribution is 0.594. The summed E-state index contributed by atoms with van der Waals surface area (Å²) in [5, 5.41) is 0. The Labute approximate surface area is 101 Å². The van der Waals surface area contributed by atoms with Crippen LogP contribution < -0.4 is 4.31 Å². The fraction of sp³-hybridized carbons (Fsp3) is 0.0769. The molecule has 0 unspecified atom stereocenters. The van der Waals surface area contributed by atoms with Gasteiger partial charge in [0.2, 0.25) is 0 Å². The first kappa shape index (κ1) is 11.7. The molecule has 0 aliphatic heterocycles. The molecule has 0 aromatic heterocycles. The van der Waals surface area contributed by atoms with Crippen molar-refractivity contribution in [2.45, 2.75) is 4.90 Å². The standard InChI is InChI=1S/C13H12NO2S/c1-14(12-8-4-2-5-9-12)17(15,16)13-10-6-3-7-11-13/h2-6,8-11H,1H3. The van der Waals surface area contributed by atoms with Gasteiger partial charge < -0.3 is 0 Å². The summed E-state index contributed by atoms with van der Waals surface area (Å²) >= 11 is 0. The summed E-state index contributed by atoms with van der Waals surface area (Å²) in [6.45, 7) is 0. The second kappa shape index (κ2) is 4.59. The Kier molecular flexibility index (Phi) is 3.15. The van der Waals surface area contributed by atoms with Crippen molar-refractivity contribution in [1.29, 1.82) is 0 Å². The molecule has 0 bridgehead atoms. The molecule has 0 N–H and O–H groups in total. The zero-order valence-corrected chi connectivity index (χ0v) is 10.2. The van der Waals surface area contributed by atoms with Gasteiger partial charge in [-0.3, -0.25) is 4.31 Å². The molecule has 0 amide bonds. The maximum atomic E-state index is 12.2. The van der Waals surface area contributed by atoms with E-state index in [4.69, 9.17) is 0 Å². The molecule has 3 nitrogen and oxygen atoms in total. The van der Waals surface area contributed by atoms with Gasteiger partial charge in [-0.1, -0.05) is 30.3 Å². The lowest BCUT2D eigenvalue weighted by Gasteiger charge is -2.19. The normalized spacial score (nSPS) is 11.1. The molecule has 0 fully saturated rings. The van der Waals surface area contributed by atoms with E-state index in [9.17, 15) is 8.42 Å². The van der Waals surface area contributed by atoms with Crippen LogP contribution in [0.15, 0.2) is 59.5 Å². The minimum Gasteiger partial charge on any atom is -0.269 e. The molecule has 0 aliphatic rings. The highest BCUT2D eigenvalue weighted by molar-refractivity contribution is 7.92. The van der Waals surface area contributed by atoms with Gasteiger partial charge in [0.15, 0.2) is 0 Å². The molecule has 17 heavy (non-hydrogen) atoms. The van der Waals surface area contributed by atoms with Gasteiger partial charge in [-0.05, 0) is 30.3 Å². The Balaban J connectivity index is 2.41. The smallest absolute Gasteiger partial charge is 0.264 e. The first-order valence-electron chi connectivity index (χ1n) is 5.12. The Morgan fingerprint density at radius 3 is 2.35 bits per heavy atom. The molecule has 2 aromatic carbocycles. The highest BCUT2D eigenvalue weighted by Gasteiger charge is 2.20. The van der Waals surface area contributed by atoms with Gasteiger partial charge in [-0.15, -0.1) is 0 Å². The number of anilines is 1. The second-order valence-electron chi connectivity index (χ2n) is 3.55. The summed E-state index contributed by atoms with van der Waals surface area (Å²) in [7, 11) is -1.95. The predicted octanol–water partition coefficient (Wildman–Crippen LogP) is 2.31. The molecule has 2 aromatic rings. The van der Waals surface area contributed by atoms with Crippen LogP contribution in [0.2, 0.25) is 0 Å². The van der Waals surface area contributed by atoms with Gasteiger partial charge >= 0.3 is 0 Å². The molecule has 2 rings (SSSR count). The average molecular weight is 246 g/mol.